The Kier molecular flexibility index (Phi) is 4.55. The van der Waals surface area contributed by atoms with Gasteiger partial charge in [-0.25, -0.2) is 0 Å². The Labute approximate surface area is 121 Å². The molecule has 0 aliphatic rings. The van der Waals surface area contributed by atoms with Crippen LogP contribution in [0.15, 0.2) is 36.5 Å². The lowest BCUT2D eigenvalue weighted by Crippen LogP contribution is -2.02. The first-order chi connectivity index (χ1) is 10.1. The van der Waals surface area contributed by atoms with E-state index in [0.717, 1.165) is 5.69 Å². The quantitative estimate of drug-likeness (QED) is 0.649. The lowest BCUT2D eigenvalue weighted by atomic mass is 10.2. The van der Waals surface area contributed by atoms with Gasteiger partial charge in [-0.1, -0.05) is 0 Å². The molecule has 1 heterocycles. The SMILES string of the molecule is CNc1ccnc(COc2cc(OC)ccc2[N+](=O)[O-])c1. The van der Waals surface area contributed by atoms with Crippen LogP contribution in [0.1, 0.15) is 5.69 Å². The maximum Gasteiger partial charge on any atom is 0.311 e. The zero-order chi connectivity index (χ0) is 15.2. The number of methoxy groups -OCH3 is 1. The fraction of sp³-hybridized carbons (Fsp3) is 0.214. The lowest BCUT2D eigenvalue weighted by Gasteiger charge is -2.09. The molecular weight excluding hydrogens is 274 g/mol. The van der Waals surface area contributed by atoms with Gasteiger partial charge < -0.3 is 14.8 Å². The van der Waals surface area contributed by atoms with Gasteiger partial charge in [0.1, 0.15) is 12.4 Å². The van der Waals surface area contributed by atoms with Gasteiger partial charge in [-0.3, -0.25) is 15.1 Å². The van der Waals surface area contributed by atoms with Crippen LogP contribution in [0.5, 0.6) is 11.5 Å². The summed E-state index contributed by atoms with van der Waals surface area (Å²) in [7, 11) is 3.29. The first kappa shape index (κ1) is 14.6. The van der Waals surface area contributed by atoms with E-state index in [9.17, 15) is 10.1 Å². The van der Waals surface area contributed by atoms with E-state index < -0.39 is 4.92 Å². The van der Waals surface area contributed by atoms with E-state index in [-0.39, 0.29) is 18.0 Å². The lowest BCUT2D eigenvalue weighted by molar-refractivity contribution is -0.386. The fourth-order valence-corrected chi connectivity index (χ4v) is 1.75. The van der Waals surface area contributed by atoms with Crippen molar-refractivity contribution in [1.29, 1.82) is 0 Å². The molecule has 0 radical (unpaired) electrons. The Morgan fingerprint density at radius 1 is 1.33 bits per heavy atom. The maximum absolute atomic E-state index is 11.0. The van der Waals surface area contributed by atoms with Crippen LogP contribution in [0.4, 0.5) is 11.4 Å². The Morgan fingerprint density at radius 2 is 2.14 bits per heavy atom. The highest BCUT2D eigenvalue weighted by atomic mass is 16.6. The predicted octanol–water partition coefficient (Wildman–Crippen LogP) is 2.62. The number of pyridine rings is 1. The second-order valence-corrected chi connectivity index (χ2v) is 4.17. The smallest absolute Gasteiger partial charge is 0.311 e. The van der Waals surface area contributed by atoms with Crippen molar-refractivity contribution in [3.8, 4) is 11.5 Å². The van der Waals surface area contributed by atoms with Crippen molar-refractivity contribution in [2.45, 2.75) is 6.61 Å². The summed E-state index contributed by atoms with van der Waals surface area (Å²) in [5.41, 5.74) is 1.45. The van der Waals surface area contributed by atoms with Gasteiger partial charge in [-0.05, 0) is 18.2 Å². The molecule has 0 aliphatic carbocycles. The molecule has 0 atom stereocenters. The van der Waals surface area contributed by atoms with Gasteiger partial charge in [0, 0.05) is 31.1 Å². The minimum atomic E-state index is -0.494. The molecule has 0 amide bonds. The highest BCUT2D eigenvalue weighted by Gasteiger charge is 2.16. The van der Waals surface area contributed by atoms with E-state index in [1.807, 2.05) is 12.1 Å². The molecule has 7 nitrogen and oxygen atoms in total. The number of ether oxygens (including phenoxy) is 2. The zero-order valence-corrected chi connectivity index (χ0v) is 11.7. The molecule has 0 saturated carbocycles. The summed E-state index contributed by atoms with van der Waals surface area (Å²) in [5, 5.41) is 14.0. The van der Waals surface area contributed by atoms with Crippen LogP contribution in [-0.4, -0.2) is 24.1 Å². The van der Waals surface area contributed by atoms with Crippen molar-refractivity contribution in [3.05, 3.63) is 52.3 Å². The topological polar surface area (TPSA) is 86.5 Å². The Hall–Kier alpha value is -2.83. The average Bonchev–Trinajstić information content (AvgIpc) is 2.52. The van der Waals surface area contributed by atoms with Crippen LogP contribution in [0.2, 0.25) is 0 Å². The summed E-state index contributed by atoms with van der Waals surface area (Å²) in [4.78, 5) is 14.7. The van der Waals surface area contributed by atoms with E-state index in [4.69, 9.17) is 9.47 Å². The van der Waals surface area contributed by atoms with Crippen molar-refractivity contribution in [2.24, 2.45) is 0 Å². The summed E-state index contributed by atoms with van der Waals surface area (Å²) in [6.45, 7) is 0.128. The number of hydrogen-bond donors (Lipinski definition) is 1. The molecule has 7 heteroatoms. The number of rotatable bonds is 6. The number of hydrogen-bond acceptors (Lipinski definition) is 6. The summed E-state index contributed by atoms with van der Waals surface area (Å²) in [6.07, 6.45) is 1.64. The van der Waals surface area contributed by atoms with Crippen LogP contribution < -0.4 is 14.8 Å². The van der Waals surface area contributed by atoms with Gasteiger partial charge in [0.2, 0.25) is 5.75 Å². The van der Waals surface area contributed by atoms with E-state index in [2.05, 4.69) is 10.3 Å². The number of nitro groups is 1. The van der Waals surface area contributed by atoms with Gasteiger partial charge in [-0.2, -0.15) is 0 Å². The molecule has 0 fully saturated rings. The van der Waals surface area contributed by atoms with Gasteiger partial charge in [-0.15, -0.1) is 0 Å². The minimum Gasteiger partial charge on any atom is -0.497 e. The van der Waals surface area contributed by atoms with Gasteiger partial charge >= 0.3 is 5.69 Å². The standard InChI is InChI=1S/C14H15N3O4/c1-15-10-5-6-16-11(7-10)9-21-14-8-12(20-2)3-4-13(14)17(18)19/h3-8H,9H2,1-2H3,(H,15,16). The molecule has 2 aromatic rings. The van der Waals surface area contributed by atoms with Crippen LogP contribution >= 0.6 is 0 Å². The largest absolute Gasteiger partial charge is 0.497 e. The zero-order valence-electron chi connectivity index (χ0n) is 11.7. The molecule has 0 saturated heterocycles. The number of benzene rings is 1. The Bertz CT molecular complexity index is 646. The van der Waals surface area contributed by atoms with E-state index >= 15 is 0 Å². The van der Waals surface area contributed by atoms with Gasteiger partial charge in [0.15, 0.2) is 0 Å². The molecule has 0 spiro atoms. The molecule has 1 aromatic carbocycles. The predicted molar refractivity (Wildman–Crippen MR) is 77.8 cm³/mol. The molecular formula is C14H15N3O4. The monoisotopic (exact) mass is 289 g/mol. The number of nitrogens with zero attached hydrogens (tertiary/aromatic N) is 2. The number of nitrogens with one attached hydrogen (secondary N) is 1. The highest BCUT2D eigenvalue weighted by molar-refractivity contribution is 5.50. The first-order valence-electron chi connectivity index (χ1n) is 6.22. The second-order valence-electron chi connectivity index (χ2n) is 4.17. The third kappa shape index (κ3) is 3.59. The van der Waals surface area contributed by atoms with Crippen molar-refractivity contribution in [3.63, 3.8) is 0 Å². The van der Waals surface area contributed by atoms with Crippen molar-refractivity contribution < 1.29 is 14.4 Å². The molecule has 2 rings (SSSR count). The van der Waals surface area contributed by atoms with Gasteiger partial charge in [0.25, 0.3) is 0 Å². The number of anilines is 1. The number of aromatic nitrogens is 1. The highest BCUT2D eigenvalue weighted by Crippen LogP contribution is 2.31. The molecule has 1 N–H and O–H groups in total. The number of nitro benzene ring substituents is 1. The summed E-state index contributed by atoms with van der Waals surface area (Å²) < 4.78 is 10.6. The molecule has 0 aliphatic heterocycles. The third-order valence-electron chi connectivity index (χ3n) is 2.84. The minimum absolute atomic E-state index is 0.111. The van der Waals surface area contributed by atoms with Crippen LogP contribution in [0.3, 0.4) is 0 Å². The molecule has 21 heavy (non-hydrogen) atoms. The van der Waals surface area contributed by atoms with Crippen LogP contribution in [0.25, 0.3) is 0 Å². The Morgan fingerprint density at radius 3 is 2.81 bits per heavy atom. The van der Waals surface area contributed by atoms with Crippen LogP contribution in [-0.2, 0) is 6.61 Å². The summed E-state index contributed by atoms with van der Waals surface area (Å²) >= 11 is 0. The summed E-state index contributed by atoms with van der Waals surface area (Å²) in [5.74, 6) is 0.642. The van der Waals surface area contributed by atoms with E-state index in [1.165, 1.54) is 25.3 Å². The molecule has 1 aromatic heterocycles. The Balaban J connectivity index is 2.19. The van der Waals surface area contributed by atoms with Crippen molar-refractivity contribution >= 4 is 11.4 Å². The summed E-state index contributed by atoms with van der Waals surface area (Å²) in [6, 6.07) is 7.99. The van der Waals surface area contributed by atoms with E-state index in [1.54, 1.807) is 13.2 Å². The molecule has 0 bridgehead atoms. The second kappa shape index (κ2) is 6.56. The maximum atomic E-state index is 11.0. The molecule has 0 unspecified atom stereocenters. The van der Waals surface area contributed by atoms with Crippen LogP contribution in [0, 0.1) is 10.1 Å². The first-order valence-corrected chi connectivity index (χ1v) is 6.22. The van der Waals surface area contributed by atoms with Crippen molar-refractivity contribution in [2.75, 3.05) is 19.5 Å². The van der Waals surface area contributed by atoms with Gasteiger partial charge in [0.05, 0.1) is 17.7 Å². The van der Waals surface area contributed by atoms with E-state index in [0.29, 0.717) is 11.4 Å². The normalized spacial score (nSPS) is 10.0. The third-order valence-corrected chi connectivity index (χ3v) is 2.84. The van der Waals surface area contributed by atoms with Crippen molar-refractivity contribution in [1.82, 2.24) is 4.98 Å². The molecule has 110 valence electrons. The average molecular weight is 289 g/mol. The fourth-order valence-electron chi connectivity index (χ4n) is 1.75.